The van der Waals surface area contributed by atoms with E-state index in [4.69, 9.17) is 4.74 Å². The van der Waals surface area contributed by atoms with E-state index in [1.54, 1.807) is 11.0 Å². The van der Waals surface area contributed by atoms with Crippen molar-refractivity contribution in [2.45, 2.75) is 32.1 Å². The third kappa shape index (κ3) is 5.02. The molecule has 0 bridgehead atoms. The average Bonchev–Trinajstić information content (AvgIpc) is 3.14. The number of rotatable bonds is 8. The summed E-state index contributed by atoms with van der Waals surface area (Å²) in [6, 6.07) is 6.36. The molecule has 3 rings (SSSR count). The predicted molar refractivity (Wildman–Crippen MR) is 107 cm³/mol. The Bertz CT molecular complexity index is 794. The van der Waals surface area contributed by atoms with Crippen molar-refractivity contribution in [1.29, 1.82) is 0 Å². The Balaban J connectivity index is 1.62. The van der Waals surface area contributed by atoms with Crippen molar-refractivity contribution in [2.75, 3.05) is 43.5 Å². The van der Waals surface area contributed by atoms with Gasteiger partial charge in [0.05, 0.1) is 19.0 Å². The van der Waals surface area contributed by atoms with E-state index in [1.807, 2.05) is 24.5 Å². The second-order valence-electron chi connectivity index (χ2n) is 6.45. The molecule has 0 atom stereocenters. The fourth-order valence-electron chi connectivity index (χ4n) is 3.11. The highest BCUT2D eigenvalue weighted by Crippen LogP contribution is 2.23. The van der Waals surface area contributed by atoms with Crippen molar-refractivity contribution < 1.29 is 13.9 Å². The van der Waals surface area contributed by atoms with Gasteiger partial charge >= 0.3 is 0 Å². The lowest BCUT2D eigenvalue weighted by atomic mass is 10.2. The highest BCUT2D eigenvalue weighted by molar-refractivity contribution is 7.99. The van der Waals surface area contributed by atoms with Crippen LogP contribution in [0.15, 0.2) is 29.4 Å². The lowest BCUT2D eigenvalue weighted by Crippen LogP contribution is -2.38. The maximum Gasteiger partial charge on any atom is 0.233 e. The summed E-state index contributed by atoms with van der Waals surface area (Å²) in [5.74, 6) is 0.801. The lowest BCUT2D eigenvalue weighted by molar-refractivity contribution is -0.128. The molecule has 1 saturated heterocycles. The normalized spacial score (nSPS) is 14.3. The standard InChI is InChI=1S/C19H26FN5O2S/c1-3-23(13-15-6-5-7-16(20)12-15)17(26)14-28-19-22-21-18(25(19)4-2)24-8-10-27-11-9-24/h5-7,12H,3-4,8-11,13-14H2,1-2H3. The van der Waals surface area contributed by atoms with Gasteiger partial charge in [-0.3, -0.25) is 9.36 Å². The predicted octanol–water partition coefficient (Wildman–Crippen LogP) is 2.41. The molecule has 0 unspecified atom stereocenters. The highest BCUT2D eigenvalue weighted by atomic mass is 32.2. The molecule has 152 valence electrons. The first-order chi connectivity index (χ1) is 13.6. The Morgan fingerprint density at radius 1 is 1.29 bits per heavy atom. The first-order valence-electron chi connectivity index (χ1n) is 9.53. The number of ether oxygens (including phenoxy) is 1. The van der Waals surface area contributed by atoms with Gasteiger partial charge in [-0.2, -0.15) is 0 Å². The van der Waals surface area contributed by atoms with Gasteiger partial charge in [-0.15, -0.1) is 10.2 Å². The van der Waals surface area contributed by atoms with Crippen LogP contribution in [0.25, 0.3) is 0 Å². The number of thioether (sulfide) groups is 1. The molecule has 0 radical (unpaired) electrons. The van der Waals surface area contributed by atoms with Gasteiger partial charge in [0, 0.05) is 32.7 Å². The zero-order valence-corrected chi connectivity index (χ0v) is 17.1. The molecule has 2 heterocycles. The molecule has 7 nitrogen and oxygen atoms in total. The summed E-state index contributed by atoms with van der Waals surface area (Å²) >= 11 is 1.39. The minimum absolute atomic E-state index is 0.00432. The van der Waals surface area contributed by atoms with Crippen LogP contribution in [0.2, 0.25) is 0 Å². The van der Waals surface area contributed by atoms with Gasteiger partial charge in [-0.25, -0.2) is 4.39 Å². The summed E-state index contributed by atoms with van der Waals surface area (Å²) in [4.78, 5) is 16.6. The largest absolute Gasteiger partial charge is 0.378 e. The Kier molecular flexibility index (Phi) is 7.27. The van der Waals surface area contributed by atoms with Gasteiger partial charge < -0.3 is 14.5 Å². The van der Waals surface area contributed by atoms with Gasteiger partial charge in [0.25, 0.3) is 0 Å². The molecule has 1 aliphatic heterocycles. The van der Waals surface area contributed by atoms with Crippen molar-refractivity contribution in [2.24, 2.45) is 0 Å². The summed E-state index contributed by atoms with van der Waals surface area (Å²) < 4.78 is 20.8. The van der Waals surface area contributed by atoms with Crippen LogP contribution in [0.3, 0.4) is 0 Å². The van der Waals surface area contributed by atoms with E-state index in [0.29, 0.717) is 26.3 Å². The van der Waals surface area contributed by atoms with Crippen LogP contribution in [0.1, 0.15) is 19.4 Å². The molecule has 1 aromatic heterocycles. The smallest absolute Gasteiger partial charge is 0.233 e. The summed E-state index contributed by atoms with van der Waals surface area (Å²) in [5.41, 5.74) is 0.784. The minimum atomic E-state index is -0.290. The second-order valence-corrected chi connectivity index (χ2v) is 7.40. The van der Waals surface area contributed by atoms with Gasteiger partial charge in [0.1, 0.15) is 5.82 Å². The van der Waals surface area contributed by atoms with Crippen LogP contribution in [0.4, 0.5) is 10.3 Å². The first kappa shape index (κ1) is 20.6. The number of carbonyl (C=O) groups is 1. The van der Waals surface area contributed by atoms with E-state index < -0.39 is 0 Å². The van der Waals surface area contributed by atoms with Gasteiger partial charge in [0.2, 0.25) is 11.9 Å². The third-order valence-electron chi connectivity index (χ3n) is 4.63. The van der Waals surface area contributed by atoms with Crippen LogP contribution >= 0.6 is 11.8 Å². The highest BCUT2D eigenvalue weighted by Gasteiger charge is 2.21. The number of amides is 1. The van der Waals surface area contributed by atoms with Crippen LogP contribution in [-0.4, -0.2) is 64.2 Å². The van der Waals surface area contributed by atoms with Crippen LogP contribution < -0.4 is 4.90 Å². The average molecular weight is 408 g/mol. The van der Waals surface area contributed by atoms with Crippen molar-refractivity contribution >= 4 is 23.6 Å². The number of benzene rings is 1. The van der Waals surface area contributed by atoms with E-state index >= 15 is 0 Å². The molecule has 1 fully saturated rings. The Hall–Kier alpha value is -2.13. The molecule has 1 aromatic carbocycles. The zero-order chi connectivity index (χ0) is 19.9. The van der Waals surface area contributed by atoms with E-state index in [0.717, 1.165) is 36.3 Å². The fourth-order valence-corrected chi connectivity index (χ4v) is 4.01. The molecule has 9 heteroatoms. The Labute approximate surface area is 168 Å². The van der Waals surface area contributed by atoms with E-state index in [2.05, 4.69) is 15.1 Å². The maximum absolute atomic E-state index is 13.4. The second kappa shape index (κ2) is 9.88. The number of hydrogen-bond acceptors (Lipinski definition) is 6. The number of morpholine rings is 1. The Morgan fingerprint density at radius 2 is 2.07 bits per heavy atom. The fraction of sp³-hybridized carbons (Fsp3) is 0.526. The molecule has 1 amide bonds. The number of carbonyl (C=O) groups excluding carboxylic acids is 1. The molecular formula is C19H26FN5O2S. The van der Waals surface area contributed by atoms with Crippen molar-refractivity contribution in [1.82, 2.24) is 19.7 Å². The van der Waals surface area contributed by atoms with Crippen molar-refractivity contribution in [3.63, 3.8) is 0 Å². The molecule has 0 N–H and O–H groups in total. The number of nitrogens with zero attached hydrogens (tertiary/aromatic N) is 5. The Morgan fingerprint density at radius 3 is 2.75 bits per heavy atom. The lowest BCUT2D eigenvalue weighted by Gasteiger charge is -2.27. The monoisotopic (exact) mass is 407 g/mol. The summed E-state index contributed by atoms with van der Waals surface area (Å²) in [6.45, 7) is 8.61. The molecule has 2 aromatic rings. The maximum atomic E-state index is 13.4. The zero-order valence-electron chi connectivity index (χ0n) is 16.3. The topological polar surface area (TPSA) is 63.5 Å². The molecule has 0 spiro atoms. The number of aromatic nitrogens is 3. The van der Waals surface area contributed by atoms with Crippen LogP contribution in [0, 0.1) is 5.82 Å². The van der Waals surface area contributed by atoms with E-state index in [9.17, 15) is 9.18 Å². The molecule has 28 heavy (non-hydrogen) atoms. The minimum Gasteiger partial charge on any atom is -0.378 e. The van der Waals surface area contributed by atoms with Gasteiger partial charge in [-0.05, 0) is 31.5 Å². The quantitative estimate of drug-likeness (QED) is 0.627. The molecular weight excluding hydrogens is 381 g/mol. The van der Waals surface area contributed by atoms with E-state index in [-0.39, 0.29) is 17.5 Å². The molecule has 0 saturated carbocycles. The number of anilines is 1. The SMILES string of the molecule is CCN(Cc1cccc(F)c1)C(=O)CSc1nnc(N2CCOCC2)n1CC. The summed E-state index contributed by atoms with van der Waals surface area (Å²) in [5, 5.41) is 9.35. The summed E-state index contributed by atoms with van der Waals surface area (Å²) in [6.07, 6.45) is 0. The van der Waals surface area contributed by atoms with Crippen LogP contribution in [-0.2, 0) is 22.6 Å². The van der Waals surface area contributed by atoms with Crippen molar-refractivity contribution in [3.8, 4) is 0 Å². The van der Waals surface area contributed by atoms with Crippen LogP contribution in [0.5, 0.6) is 0 Å². The van der Waals surface area contributed by atoms with E-state index in [1.165, 1.54) is 23.9 Å². The van der Waals surface area contributed by atoms with Gasteiger partial charge in [-0.1, -0.05) is 23.9 Å². The number of halogens is 1. The molecule has 0 aliphatic carbocycles. The number of hydrogen-bond donors (Lipinski definition) is 0. The van der Waals surface area contributed by atoms with Crippen molar-refractivity contribution in [3.05, 3.63) is 35.6 Å². The third-order valence-corrected chi connectivity index (χ3v) is 5.58. The molecule has 1 aliphatic rings. The summed E-state index contributed by atoms with van der Waals surface area (Å²) in [7, 11) is 0. The first-order valence-corrected chi connectivity index (χ1v) is 10.5. The van der Waals surface area contributed by atoms with Gasteiger partial charge in [0.15, 0.2) is 5.16 Å².